The molecule has 6 heteroatoms. The van der Waals surface area contributed by atoms with Gasteiger partial charge in [0.1, 0.15) is 11.4 Å². The van der Waals surface area contributed by atoms with Gasteiger partial charge in [0, 0.05) is 19.6 Å². The SMILES string of the molecule is CCOc1ccc(C2=C(N(C)C3CCN(C)CC3)C(=O)N(CCc3ccccc3)C2=O)cc1. The topological polar surface area (TPSA) is 53.1 Å². The summed E-state index contributed by atoms with van der Waals surface area (Å²) in [4.78, 5) is 33.0. The minimum Gasteiger partial charge on any atom is -0.494 e. The van der Waals surface area contributed by atoms with Gasteiger partial charge in [0.25, 0.3) is 11.8 Å². The Labute approximate surface area is 196 Å². The number of piperidine rings is 1. The molecule has 0 atom stereocenters. The van der Waals surface area contributed by atoms with Gasteiger partial charge < -0.3 is 14.5 Å². The van der Waals surface area contributed by atoms with Crippen LogP contribution >= 0.6 is 0 Å². The second-order valence-electron chi connectivity index (χ2n) is 8.82. The first-order chi connectivity index (χ1) is 16.0. The number of benzene rings is 2. The summed E-state index contributed by atoms with van der Waals surface area (Å²) in [5.74, 6) is 0.348. The van der Waals surface area contributed by atoms with Gasteiger partial charge in [0.05, 0.1) is 12.2 Å². The van der Waals surface area contributed by atoms with E-state index in [2.05, 4.69) is 16.8 Å². The van der Waals surface area contributed by atoms with Gasteiger partial charge in [-0.1, -0.05) is 42.5 Å². The third kappa shape index (κ3) is 4.96. The van der Waals surface area contributed by atoms with Crippen LogP contribution in [0.1, 0.15) is 30.9 Å². The Morgan fingerprint density at radius 3 is 2.27 bits per heavy atom. The number of imide groups is 1. The van der Waals surface area contributed by atoms with Crippen molar-refractivity contribution in [2.75, 3.05) is 40.3 Å². The number of carbonyl (C=O) groups is 2. The monoisotopic (exact) mass is 447 g/mol. The van der Waals surface area contributed by atoms with E-state index in [-0.39, 0.29) is 17.9 Å². The Balaban J connectivity index is 1.64. The Morgan fingerprint density at radius 2 is 1.64 bits per heavy atom. The van der Waals surface area contributed by atoms with Crippen LogP contribution in [0, 0.1) is 0 Å². The van der Waals surface area contributed by atoms with Gasteiger partial charge in [-0.25, -0.2) is 0 Å². The highest BCUT2D eigenvalue weighted by Gasteiger charge is 2.42. The van der Waals surface area contributed by atoms with Gasteiger partial charge in [0.2, 0.25) is 0 Å². The smallest absolute Gasteiger partial charge is 0.277 e. The number of hydrogen-bond donors (Lipinski definition) is 0. The molecule has 2 amide bonds. The van der Waals surface area contributed by atoms with Gasteiger partial charge in [0.15, 0.2) is 0 Å². The molecule has 6 nitrogen and oxygen atoms in total. The molecule has 0 spiro atoms. The Bertz CT molecular complexity index is 1010. The van der Waals surface area contributed by atoms with Gasteiger partial charge >= 0.3 is 0 Å². The van der Waals surface area contributed by atoms with Gasteiger partial charge in [-0.15, -0.1) is 0 Å². The number of likely N-dealkylation sites (tertiary alicyclic amines) is 1. The molecule has 4 rings (SSSR count). The van der Waals surface area contributed by atoms with Crippen LogP contribution in [-0.2, 0) is 16.0 Å². The summed E-state index contributed by atoms with van der Waals surface area (Å²) in [6.07, 6.45) is 2.58. The lowest BCUT2D eigenvalue weighted by Crippen LogP contribution is -2.43. The van der Waals surface area contributed by atoms with Crippen molar-refractivity contribution in [1.29, 1.82) is 0 Å². The molecule has 2 aliphatic rings. The molecule has 1 saturated heterocycles. The lowest BCUT2D eigenvalue weighted by atomic mass is 10.00. The number of carbonyl (C=O) groups excluding carboxylic acids is 2. The molecule has 0 bridgehead atoms. The van der Waals surface area contributed by atoms with Gasteiger partial charge in [-0.2, -0.15) is 0 Å². The van der Waals surface area contributed by atoms with E-state index in [0.717, 1.165) is 42.8 Å². The summed E-state index contributed by atoms with van der Waals surface area (Å²) >= 11 is 0. The third-order valence-electron chi connectivity index (χ3n) is 6.65. The molecule has 1 fully saturated rings. The second-order valence-corrected chi connectivity index (χ2v) is 8.82. The first-order valence-corrected chi connectivity index (χ1v) is 11.8. The Morgan fingerprint density at radius 1 is 0.970 bits per heavy atom. The number of rotatable bonds is 8. The fourth-order valence-corrected chi connectivity index (χ4v) is 4.69. The van der Waals surface area contributed by atoms with Gasteiger partial charge in [-0.3, -0.25) is 14.5 Å². The standard InChI is InChI=1S/C27H33N3O3/c1-4-33-23-12-10-21(11-13-23)24-25(29(3)22-15-17-28(2)18-16-22)27(32)30(26(24)31)19-14-20-8-6-5-7-9-20/h5-13,22H,4,14-19H2,1-3H3. The normalized spacial score (nSPS) is 17.7. The van der Waals surface area contributed by atoms with Crippen LogP contribution < -0.4 is 4.74 Å². The highest BCUT2D eigenvalue weighted by molar-refractivity contribution is 6.35. The largest absolute Gasteiger partial charge is 0.494 e. The summed E-state index contributed by atoms with van der Waals surface area (Å²) in [5, 5.41) is 0. The van der Waals surface area contributed by atoms with Crippen LogP contribution in [0.15, 0.2) is 60.3 Å². The van der Waals surface area contributed by atoms with Gasteiger partial charge in [-0.05, 0) is 69.6 Å². The first-order valence-electron chi connectivity index (χ1n) is 11.8. The average molecular weight is 448 g/mol. The molecule has 2 aromatic carbocycles. The maximum absolute atomic E-state index is 13.6. The van der Waals surface area contributed by atoms with Crippen LogP contribution in [0.4, 0.5) is 0 Å². The predicted octanol–water partition coefficient (Wildman–Crippen LogP) is 3.43. The van der Waals surface area contributed by atoms with E-state index in [1.807, 2.05) is 68.6 Å². The predicted molar refractivity (Wildman–Crippen MR) is 130 cm³/mol. The van der Waals surface area contributed by atoms with Crippen molar-refractivity contribution in [3.05, 3.63) is 71.4 Å². The quantitative estimate of drug-likeness (QED) is 0.581. The van der Waals surface area contributed by atoms with Crippen LogP contribution in [0.25, 0.3) is 5.57 Å². The van der Waals surface area contributed by atoms with Crippen LogP contribution in [0.5, 0.6) is 5.75 Å². The van der Waals surface area contributed by atoms with E-state index in [4.69, 9.17) is 4.74 Å². The van der Waals surface area contributed by atoms with E-state index in [1.165, 1.54) is 4.90 Å². The van der Waals surface area contributed by atoms with Crippen molar-refractivity contribution in [2.45, 2.75) is 32.2 Å². The molecule has 0 radical (unpaired) electrons. The summed E-state index contributed by atoms with van der Waals surface area (Å²) < 4.78 is 5.57. The van der Waals surface area contributed by atoms with Crippen LogP contribution in [0.3, 0.4) is 0 Å². The zero-order valence-electron chi connectivity index (χ0n) is 19.8. The molecule has 0 aromatic heterocycles. The molecule has 2 heterocycles. The molecule has 0 aliphatic carbocycles. The third-order valence-corrected chi connectivity index (χ3v) is 6.65. The Hall–Kier alpha value is -3.12. The highest BCUT2D eigenvalue weighted by atomic mass is 16.5. The number of nitrogens with zero attached hydrogens (tertiary/aromatic N) is 3. The fourth-order valence-electron chi connectivity index (χ4n) is 4.69. The van der Waals surface area contributed by atoms with E-state index >= 15 is 0 Å². The lowest BCUT2D eigenvalue weighted by Gasteiger charge is -2.36. The lowest BCUT2D eigenvalue weighted by molar-refractivity contribution is -0.137. The number of amides is 2. The van der Waals surface area contributed by atoms with Crippen LogP contribution in [-0.4, -0.2) is 72.9 Å². The maximum atomic E-state index is 13.6. The minimum atomic E-state index is -0.213. The van der Waals surface area contributed by atoms with Crippen molar-refractivity contribution in [2.24, 2.45) is 0 Å². The minimum absolute atomic E-state index is 0.193. The number of ether oxygens (including phenoxy) is 1. The summed E-state index contributed by atoms with van der Waals surface area (Å²) in [5.41, 5.74) is 2.89. The first kappa shape index (κ1) is 23.1. The zero-order valence-corrected chi connectivity index (χ0v) is 19.8. The van der Waals surface area contributed by atoms with Crippen molar-refractivity contribution in [1.82, 2.24) is 14.7 Å². The van der Waals surface area contributed by atoms with E-state index in [1.54, 1.807) is 0 Å². The maximum Gasteiger partial charge on any atom is 0.277 e. The Kier molecular flexibility index (Phi) is 7.14. The fraction of sp³-hybridized carbons (Fsp3) is 0.407. The average Bonchev–Trinajstić information content (AvgIpc) is 3.08. The van der Waals surface area contributed by atoms with Crippen LogP contribution in [0.2, 0.25) is 0 Å². The molecule has 0 unspecified atom stereocenters. The van der Waals surface area contributed by atoms with E-state index in [0.29, 0.717) is 30.8 Å². The molecule has 174 valence electrons. The summed E-state index contributed by atoms with van der Waals surface area (Å²) in [6.45, 7) is 4.86. The second kappa shape index (κ2) is 10.2. The van der Waals surface area contributed by atoms with Crippen molar-refractivity contribution in [3.8, 4) is 5.75 Å². The summed E-state index contributed by atoms with van der Waals surface area (Å²) in [7, 11) is 4.09. The number of likely N-dealkylation sites (N-methyl/N-ethyl adjacent to an activating group) is 1. The highest BCUT2D eigenvalue weighted by Crippen LogP contribution is 2.34. The van der Waals surface area contributed by atoms with E-state index in [9.17, 15) is 9.59 Å². The number of hydrogen-bond acceptors (Lipinski definition) is 5. The molecular weight excluding hydrogens is 414 g/mol. The van der Waals surface area contributed by atoms with Crippen molar-refractivity contribution < 1.29 is 14.3 Å². The molecule has 33 heavy (non-hydrogen) atoms. The summed E-state index contributed by atoms with van der Waals surface area (Å²) in [6, 6.07) is 17.7. The molecule has 2 aromatic rings. The molecule has 2 aliphatic heterocycles. The zero-order chi connectivity index (χ0) is 23.4. The molecular formula is C27H33N3O3. The van der Waals surface area contributed by atoms with Crippen molar-refractivity contribution >= 4 is 17.4 Å². The molecule has 0 N–H and O–H groups in total. The van der Waals surface area contributed by atoms with Crippen molar-refractivity contribution in [3.63, 3.8) is 0 Å². The van der Waals surface area contributed by atoms with E-state index < -0.39 is 0 Å². The molecule has 0 saturated carbocycles.